The van der Waals surface area contributed by atoms with Crippen LogP contribution in [-0.2, 0) is 10.5 Å². The number of benzene rings is 1. The van der Waals surface area contributed by atoms with Crippen molar-refractivity contribution in [1.29, 1.82) is 0 Å². The van der Waals surface area contributed by atoms with Gasteiger partial charge < -0.3 is 19.3 Å². The van der Waals surface area contributed by atoms with E-state index in [-0.39, 0.29) is 11.2 Å². The Morgan fingerprint density at radius 3 is 2.58 bits per heavy atom. The number of nitrogens with zero attached hydrogens (tertiary/aromatic N) is 1. The summed E-state index contributed by atoms with van der Waals surface area (Å²) in [6.45, 7) is 5.66. The lowest BCUT2D eigenvalue weighted by Gasteiger charge is -2.14. The molecule has 7 heteroatoms. The van der Waals surface area contributed by atoms with Crippen LogP contribution in [0.1, 0.15) is 23.9 Å². The molecule has 1 aromatic carbocycles. The van der Waals surface area contributed by atoms with Gasteiger partial charge in [-0.25, -0.2) is 0 Å². The van der Waals surface area contributed by atoms with Crippen molar-refractivity contribution >= 4 is 23.4 Å². The third kappa shape index (κ3) is 4.23. The first-order valence-corrected chi connectivity index (χ1v) is 8.57. The van der Waals surface area contributed by atoms with Gasteiger partial charge in [-0.15, -0.1) is 11.8 Å². The lowest BCUT2D eigenvalue weighted by Crippen LogP contribution is -2.22. The van der Waals surface area contributed by atoms with Crippen LogP contribution in [0.5, 0.6) is 11.5 Å². The van der Waals surface area contributed by atoms with Crippen molar-refractivity contribution in [2.75, 3.05) is 19.5 Å². The molecule has 0 radical (unpaired) electrons. The number of rotatable bonds is 7. The number of carbonyl (C=O) groups excluding carboxylic acids is 1. The summed E-state index contributed by atoms with van der Waals surface area (Å²) < 4.78 is 15.6. The number of aromatic nitrogens is 1. The Morgan fingerprint density at radius 1 is 1.29 bits per heavy atom. The van der Waals surface area contributed by atoms with Crippen LogP contribution >= 0.6 is 11.8 Å². The molecule has 0 saturated carbocycles. The van der Waals surface area contributed by atoms with Gasteiger partial charge in [-0.1, -0.05) is 5.16 Å². The van der Waals surface area contributed by atoms with E-state index >= 15 is 0 Å². The number of aryl methyl sites for hydroxylation is 2. The average molecular weight is 350 g/mol. The third-order valence-electron chi connectivity index (χ3n) is 3.68. The van der Waals surface area contributed by atoms with Crippen LogP contribution < -0.4 is 14.8 Å². The molecular weight excluding hydrogens is 328 g/mol. The number of amides is 1. The van der Waals surface area contributed by atoms with Gasteiger partial charge in [0.2, 0.25) is 5.91 Å². The molecule has 1 atom stereocenters. The van der Waals surface area contributed by atoms with Crippen LogP contribution in [0.25, 0.3) is 0 Å². The Hall–Kier alpha value is -2.15. The molecule has 0 fully saturated rings. The fourth-order valence-corrected chi connectivity index (χ4v) is 3.19. The Bertz CT molecular complexity index is 695. The largest absolute Gasteiger partial charge is 0.493 e. The molecule has 1 heterocycles. The Labute approximate surface area is 145 Å². The van der Waals surface area contributed by atoms with E-state index in [1.807, 2.05) is 20.8 Å². The molecule has 0 bridgehead atoms. The molecule has 1 aromatic heterocycles. The Balaban J connectivity index is 1.96. The minimum absolute atomic E-state index is 0.0704. The summed E-state index contributed by atoms with van der Waals surface area (Å²) in [5.74, 6) is 2.61. The van der Waals surface area contributed by atoms with Gasteiger partial charge in [0.15, 0.2) is 11.5 Å². The van der Waals surface area contributed by atoms with Crippen molar-refractivity contribution in [1.82, 2.24) is 5.16 Å². The van der Waals surface area contributed by atoms with E-state index in [1.54, 1.807) is 32.4 Å². The topological polar surface area (TPSA) is 73.6 Å². The summed E-state index contributed by atoms with van der Waals surface area (Å²) in [7, 11) is 3.13. The van der Waals surface area contributed by atoms with E-state index in [2.05, 4.69) is 10.5 Å². The summed E-state index contributed by atoms with van der Waals surface area (Å²) in [5.41, 5.74) is 2.58. The number of carbonyl (C=O) groups is 1. The van der Waals surface area contributed by atoms with Crippen LogP contribution in [0.2, 0.25) is 0 Å². The molecule has 0 unspecified atom stereocenters. The van der Waals surface area contributed by atoms with E-state index < -0.39 is 0 Å². The summed E-state index contributed by atoms with van der Waals surface area (Å²) >= 11 is 1.54. The van der Waals surface area contributed by atoms with Gasteiger partial charge in [-0.2, -0.15) is 0 Å². The van der Waals surface area contributed by atoms with Gasteiger partial charge in [0.1, 0.15) is 5.76 Å². The zero-order chi connectivity index (χ0) is 17.7. The van der Waals surface area contributed by atoms with Crippen molar-refractivity contribution in [2.24, 2.45) is 0 Å². The molecular formula is C17H22N2O4S. The predicted molar refractivity (Wildman–Crippen MR) is 94.9 cm³/mol. The fourth-order valence-electron chi connectivity index (χ4n) is 2.15. The molecule has 1 N–H and O–H groups in total. The summed E-state index contributed by atoms with van der Waals surface area (Å²) in [5, 5.41) is 6.60. The second kappa shape index (κ2) is 8.10. The zero-order valence-corrected chi connectivity index (χ0v) is 15.3. The molecule has 24 heavy (non-hydrogen) atoms. The summed E-state index contributed by atoms with van der Waals surface area (Å²) in [4.78, 5) is 12.4. The van der Waals surface area contributed by atoms with E-state index in [0.717, 1.165) is 17.0 Å². The number of hydrogen-bond acceptors (Lipinski definition) is 6. The highest BCUT2D eigenvalue weighted by Gasteiger charge is 2.17. The number of thioether (sulfide) groups is 1. The van der Waals surface area contributed by atoms with Crippen LogP contribution in [0.3, 0.4) is 0 Å². The molecule has 0 aliphatic rings. The summed E-state index contributed by atoms with van der Waals surface area (Å²) in [6.07, 6.45) is 0. The monoisotopic (exact) mass is 350 g/mol. The minimum Gasteiger partial charge on any atom is -0.493 e. The molecule has 1 amide bonds. The molecule has 6 nitrogen and oxygen atoms in total. The smallest absolute Gasteiger partial charge is 0.237 e. The highest BCUT2D eigenvalue weighted by molar-refractivity contribution is 7.99. The average Bonchev–Trinajstić information content (AvgIpc) is 2.90. The van der Waals surface area contributed by atoms with Crippen molar-refractivity contribution in [2.45, 2.75) is 31.8 Å². The van der Waals surface area contributed by atoms with Crippen molar-refractivity contribution < 1.29 is 18.8 Å². The van der Waals surface area contributed by atoms with Crippen LogP contribution in [-0.4, -0.2) is 30.5 Å². The van der Waals surface area contributed by atoms with Crippen LogP contribution in [0, 0.1) is 13.8 Å². The lowest BCUT2D eigenvalue weighted by molar-refractivity contribution is -0.115. The second-order valence-corrected chi connectivity index (χ2v) is 6.64. The first-order chi connectivity index (χ1) is 11.5. The van der Waals surface area contributed by atoms with Crippen molar-refractivity contribution in [3.8, 4) is 11.5 Å². The first-order valence-electron chi connectivity index (χ1n) is 7.52. The second-order valence-electron chi connectivity index (χ2n) is 5.31. The Morgan fingerprint density at radius 2 is 2.00 bits per heavy atom. The highest BCUT2D eigenvalue weighted by atomic mass is 32.2. The number of ether oxygens (including phenoxy) is 2. The van der Waals surface area contributed by atoms with Gasteiger partial charge in [-0.05, 0) is 32.9 Å². The van der Waals surface area contributed by atoms with Gasteiger partial charge in [0.05, 0.1) is 25.2 Å². The normalized spacial score (nSPS) is 11.9. The van der Waals surface area contributed by atoms with Gasteiger partial charge in [0, 0.05) is 23.1 Å². The van der Waals surface area contributed by atoms with Crippen LogP contribution in [0.15, 0.2) is 22.7 Å². The maximum absolute atomic E-state index is 12.4. The number of nitrogens with one attached hydrogen (secondary N) is 1. The number of hydrogen-bond donors (Lipinski definition) is 1. The number of anilines is 1. The van der Waals surface area contributed by atoms with E-state index in [1.165, 1.54) is 11.8 Å². The molecule has 0 spiro atoms. The van der Waals surface area contributed by atoms with E-state index in [0.29, 0.717) is 22.9 Å². The van der Waals surface area contributed by atoms with Crippen molar-refractivity contribution in [3.05, 3.63) is 35.2 Å². The molecule has 2 rings (SSSR count). The number of methoxy groups -OCH3 is 2. The van der Waals surface area contributed by atoms with Crippen LogP contribution in [0.4, 0.5) is 5.69 Å². The molecule has 130 valence electrons. The van der Waals surface area contributed by atoms with Gasteiger partial charge in [-0.3, -0.25) is 4.79 Å². The maximum Gasteiger partial charge on any atom is 0.237 e. The SMILES string of the molecule is COc1ccc(NC(=O)[C@@H](C)SCc2c(C)noc2C)cc1OC. The summed E-state index contributed by atoms with van der Waals surface area (Å²) in [6, 6.07) is 5.28. The third-order valence-corrected chi connectivity index (χ3v) is 4.85. The maximum atomic E-state index is 12.4. The molecule has 0 aliphatic heterocycles. The molecule has 2 aromatic rings. The standard InChI is InChI=1S/C17H22N2O4S/c1-10-14(11(2)23-19-10)9-24-12(3)17(20)18-13-6-7-15(21-4)16(8-13)22-5/h6-8,12H,9H2,1-5H3,(H,18,20)/t12-/m1/s1. The minimum atomic E-state index is -0.216. The van der Waals surface area contributed by atoms with Gasteiger partial charge >= 0.3 is 0 Å². The lowest BCUT2D eigenvalue weighted by atomic mass is 10.2. The first kappa shape index (κ1) is 18.2. The predicted octanol–water partition coefficient (Wildman–Crippen LogP) is 3.57. The van der Waals surface area contributed by atoms with Gasteiger partial charge in [0.25, 0.3) is 0 Å². The van der Waals surface area contributed by atoms with Crippen molar-refractivity contribution in [3.63, 3.8) is 0 Å². The van der Waals surface area contributed by atoms with E-state index in [9.17, 15) is 4.79 Å². The fraction of sp³-hybridized carbons (Fsp3) is 0.412. The Kier molecular flexibility index (Phi) is 6.14. The molecule has 0 saturated heterocycles. The quantitative estimate of drug-likeness (QED) is 0.823. The van der Waals surface area contributed by atoms with E-state index in [4.69, 9.17) is 14.0 Å². The molecule has 0 aliphatic carbocycles. The highest BCUT2D eigenvalue weighted by Crippen LogP contribution is 2.30. The zero-order valence-electron chi connectivity index (χ0n) is 14.5.